The van der Waals surface area contributed by atoms with E-state index in [1.165, 1.54) is 23.9 Å². The van der Waals surface area contributed by atoms with Crippen molar-refractivity contribution < 1.29 is 9.18 Å². The Morgan fingerprint density at radius 1 is 1.31 bits per heavy atom. The molecule has 1 aromatic carbocycles. The number of thiophene rings is 1. The summed E-state index contributed by atoms with van der Waals surface area (Å²) >= 11 is 2.98. The zero-order chi connectivity index (χ0) is 18.4. The summed E-state index contributed by atoms with van der Waals surface area (Å²) in [5, 5.41) is 14.1. The quantitative estimate of drug-likeness (QED) is 0.597. The molecule has 0 saturated heterocycles. The first-order valence-electron chi connectivity index (χ1n) is 8.28. The van der Waals surface area contributed by atoms with E-state index < -0.39 is 0 Å². The van der Waals surface area contributed by atoms with Crippen LogP contribution >= 0.6 is 23.1 Å². The molecule has 3 aromatic rings. The molecule has 136 valence electrons. The van der Waals surface area contributed by atoms with Gasteiger partial charge in [-0.2, -0.15) is 0 Å². The fourth-order valence-electron chi connectivity index (χ4n) is 2.49. The summed E-state index contributed by atoms with van der Waals surface area (Å²) in [5.74, 6) is 0.766. The molecule has 2 aromatic heterocycles. The lowest BCUT2D eigenvalue weighted by molar-refractivity contribution is -0.118. The molecule has 0 aliphatic heterocycles. The molecule has 0 radical (unpaired) electrons. The number of halogens is 1. The number of rotatable bonds is 8. The maximum absolute atomic E-state index is 13.1. The van der Waals surface area contributed by atoms with Crippen molar-refractivity contribution in [1.29, 1.82) is 0 Å². The molecule has 1 N–H and O–H groups in total. The molecule has 2 heterocycles. The molecule has 0 spiro atoms. The van der Waals surface area contributed by atoms with Crippen molar-refractivity contribution in [2.24, 2.45) is 0 Å². The highest BCUT2D eigenvalue weighted by Gasteiger charge is 2.15. The van der Waals surface area contributed by atoms with Crippen molar-refractivity contribution in [2.45, 2.75) is 25.0 Å². The SMILES string of the molecule is CCn1c(SCC(=O)NCCc2cccc(F)c2)nnc1-c1cccs1. The van der Waals surface area contributed by atoms with Crippen LogP contribution in [0.4, 0.5) is 4.39 Å². The van der Waals surface area contributed by atoms with Gasteiger partial charge in [0.05, 0.1) is 10.6 Å². The minimum absolute atomic E-state index is 0.0743. The summed E-state index contributed by atoms with van der Waals surface area (Å²) in [4.78, 5) is 13.1. The van der Waals surface area contributed by atoms with Gasteiger partial charge in [-0.3, -0.25) is 4.79 Å². The monoisotopic (exact) mass is 390 g/mol. The Labute approximate surface area is 159 Å². The minimum atomic E-state index is -0.259. The summed E-state index contributed by atoms with van der Waals surface area (Å²) in [6.07, 6.45) is 0.599. The van der Waals surface area contributed by atoms with Gasteiger partial charge in [0.1, 0.15) is 5.82 Å². The van der Waals surface area contributed by atoms with Crippen LogP contribution in [0.2, 0.25) is 0 Å². The van der Waals surface area contributed by atoms with Crippen molar-refractivity contribution in [3.8, 4) is 10.7 Å². The van der Waals surface area contributed by atoms with Crippen LogP contribution in [0, 0.1) is 5.82 Å². The van der Waals surface area contributed by atoms with E-state index in [1.54, 1.807) is 17.4 Å². The lowest BCUT2D eigenvalue weighted by Crippen LogP contribution is -2.27. The van der Waals surface area contributed by atoms with Crippen LogP contribution in [0.3, 0.4) is 0 Å². The number of aromatic nitrogens is 3. The Kier molecular flexibility index (Phi) is 6.40. The molecule has 5 nitrogen and oxygen atoms in total. The molecule has 26 heavy (non-hydrogen) atoms. The van der Waals surface area contributed by atoms with Crippen molar-refractivity contribution in [3.05, 3.63) is 53.2 Å². The molecule has 3 rings (SSSR count). The van der Waals surface area contributed by atoms with Gasteiger partial charge in [-0.1, -0.05) is 30.0 Å². The minimum Gasteiger partial charge on any atom is -0.355 e. The largest absolute Gasteiger partial charge is 0.355 e. The average molecular weight is 391 g/mol. The van der Waals surface area contributed by atoms with E-state index in [1.807, 2.05) is 35.1 Å². The van der Waals surface area contributed by atoms with Crippen molar-refractivity contribution in [1.82, 2.24) is 20.1 Å². The maximum atomic E-state index is 13.1. The lowest BCUT2D eigenvalue weighted by atomic mass is 10.1. The van der Waals surface area contributed by atoms with Gasteiger partial charge < -0.3 is 9.88 Å². The second kappa shape index (κ2) is 8.95. The van der Waals surface area contributed by atoms with Crippen molar-refractivity contribution in [3.63, 3.8) is 0 Å². The summed E-state index contributed by atoms with van der Waals surface area (Å²) in [5.41, 5.74) is 0.865. The summed E-state index contributed by atoms with van der Waals surface area (Å²) in [6, 6.07) is 10.4. The first-order chi connectivity index (χ1) is 12.7. The van der Waals surface area contributed by atoms with E-state index in [0.29, 0.717) is 13.0 Å². The predicted octanol–water partition coefficient (Wildman–Crippen LogP) is 3.62. The van der Waals surface area contributed by atoms with Crippen LogP contribution in [0.25, 0.3) is 10.7 Å². The second-order valence-corrected chi connectivity index (χ2v) is 7.44. The van der Waals surface area contributed by atoms with Crippen LogP contribution < -0.4 is 5.32 Å². The van der Waals surface area contributed by atoms with Gasteiger partial charge in [-0.05, 0) is 42.5 Å². The van der Waals surface area contributed by atoms with Gasteiger partial charge in [0.25, 0.3) is 0 Å². The Bertz CT molecular complexity index is 864. The van der Waals surface area contributed by atoms with E-state index in [0.717, 1.165) is 28.0 Å². The molecule has 0 aliphatic rings. The number of hydrogen-bond donors (Lipinski definition) is 1. The molecule has 0 unspecified atom stereocenters. The normalized spacial score (nSPS) is 10.8. The fraction of sp³-hybridized carbons (Fsp3) is 0.278. The molecule has 0 bridgehead atoms. The second-order valence-electron chi connectivity index (χ2n) is 5.55. The van der Waals surface area contributed by atoms with Crippen LogP contribution in [0.1, 0.15) is 12.5 Å². The third-order valence-electron chi connectivity index (χ3n) is 3.73. The maximum Gasteiger partial charge on any atom is 0.230 e. The highest BCUT2D eigenvalue weighted by Crippen LogP contribution is 2.26. The third kappa shape index (κ3) is 4.70. The smallest absolute Gasteiger partial charge is 0.230 e. The third-order valence-corrected chi connectivity index (χ3v) is 5.56. The molecule has 0 atom stereocenters. The fourth-order valence-corrected chi connectivity index (χ4v) is 4.04. The topological polar surface area (TPSA) is 59.8 Å². The lowest BCUT2D eigenvalue weighted by Gasteiger charge is -2.07. The van der Waals surface area contributed by atoms with E-state index in [4.69, 9.17) is 0 Å². The average Bonchev–Trinajstić information content (AvgIpc) is 3.29. The Morgan fingerprint density at radius 2 is 2.19 bits per heavy atom. The van der Waals surface area contributed by atoms with Gasteiger partial charge in [-0.25, -0.2) is 4.39 Å². The Hall–Kier alpha value is -2.19. The van der Waals surface area contributed by atoms with Crippen LogP contribution in [0.5, 0.6) is 0 Å². The number of benzene rings is 1. The first-order valence-corrected chi connectivity index (χ1v) is 10.1. The molecule has 8 heteroatoms. The van der Waals surface area contributed by atoms with Gasteiger partial charge in [-0.15, -0.1) is 21.5 Å². The van der Waals surface area contributed by atoms with Gasteiger partial charge in [0.2, 0.25) is 5.91 Å². The van der Waals surface area contributed by atoms with E-state index in [9.17, 15) is 9.18 Å². The highest BCUT2D eigenvalue weighted by atomic mass is 32.2. The van der Waals surface area contributed by atoms with Crippen molar-refractivity contribution >= 4 is 29.0 Å². The number of thioether (sulfide) groups is 1. The number of carbonyl (C=O) groups is 1. The van der Waals surface area contributed by atoms with Crippen LogP contribution in [0.15, 0.2) is 46.9 Å². The number of hydrogen-bond acceptors (Lipinski definition) is 5. The summed E-state index contributed by atoms with van der Waals surface area (Å²) < 4.78 is 15.1. The molecule has 0 aliphatic carbocycles. The van der Waals surface area contributed by atoms with Crippen molar-refractivity contribution in [2.75, 3.05) is 12.3 Å². The summed E-state index contributed by atoms with van der Waals surface area (Å²) in [6.45, 7) is 3.25. The molecule has 0 fully saturated rings. The molecular formula is C18H19FN4OS2. The predicted molar refractivity (Wildman–Crippen MR) is 103 cm³/mol. The van der Waals surface area contributed by atoms with E-state index in [-0.39, 0.29) is 17.5 Å². The molecule has 1 amide bonds. The first kappa shape index (κ1) is 18.6. The number of carbonyl (C=O) groups excluding carboxylic acids is 1. The summed E-state index contributed by atoms with van der Waals surface area (Å²) in [7, 11) is 0. The zero-order valence-electron chi connectivity index (χ0n) is 14.3. The molecule has 0 saturated carbocycles. The van der Waals surface area contributed by atoms with E-state index >= 15 is 0 Å². The Morgan fingerprint density at radius 3 is 2.92 bits per heavy atom. The number of nitrogens with one attached hydrogen (secondary N) is 1. The molecular weight excluding hydrogens is 371 g/mol. The highest BCUT2D eigenvalue weighted by molar-refractivity contribution is 7.99. The van der Waals surface area contributed by atoms with Crippen LogP contribution in [-0.4, -0.2) is 33.0 Å². The number of nitrogens with zero attached hydrogens (tertiary/aromatic N) is 3. The van der Waals surface area contributed by atoms with Gasteiger partial charge in [0.15, 0.2) is 11.0 Å². The Balaban J connectivity index is 1.50. The van der Waals surface area contributed by atoms with Crippen LogP contribution in [-0.2, 0) is 17.8 Å². The standard InChI is InChI=1S/C18H19FN4OS2/c1-2-23-17(15-7-4-10-25-15)21-22-18(23)26-12-16(24)20-9-8-13-5-3-6-14(19)11-13/h3-7,10-11H,2,8-9,12H2,1H3,(H,20,24). The van der Waals surface area contributed by atoms with Gasteiger partial charge in [0, 0.05) is 13.1 Å². The van der Waals surface area contributed by atoms with Gasteiger partial charge >= 0.3 is 0 Å². The van der Waals surface area contributed by atoms with E-state index in [2.05, 4.69) is 15.5 Å². The number of amides is 1. The zero-order valence-corrected chi connectivity index (χ0v) is 15.9.